The molecule has 2 aliphatic carbocycles. The Morgan fingerprint density at radius 3 is 2.77 bits per heavy atom. The number of hydrogen-bond acceptors (Lipinski definition) is 4. The molecule has 0 radical (unpaired) electrons. The number of aliphatic hydroxyl groups excluding tert-OH is 1. The molecule has 0 saturated heterocycles. The zero-order valence-corrected chi connectivity index (χ0v) is 14.1. The van der Waals surface area contributed by atoms with E-state index < -0.39 is 0 Å². The first-order valence-corrected chi connectivity index (χ1v) is 8.97. The van der Waals surface area contributed by atoms with Gasteiger partial charge in [0.05, 0.1) is 11.8 Å². The summed E-state index contributed by atoms with van der Waals surface area (Å²) in [4.78, 5) is 18.0. The van der Waals surface area contributed by atoms with Crippen LogP contribution < -0.4 is 10.6 Å². The number of thiazole rings is 1. The van der Waals surface area contributed by atoms with Gasteiger partial charge in [-0.1, -0.05) is 13.8 Å². The number of nitrogens with zero attached hydrogens (tertiary/aromatic N) is 1. The second kappa shape index (κ2) is 6.16. The number of amides is 2. The Bertz CT molecular complexity index is 548. The van der Waals surface area contributed by atoms with E-state index in [1.165, 1.54) is 4.88 Å². The lowest BCUT2D eigenvalue weighted by atomic mass is 9.79. The summed E-state index contributed by atoms with van der Waals surface area (Å²) in [5, 5.41) is 16.1. The van der Waals surface area contributed by atoms with E-state index in [2.05, 4.69) is 29.5 Å². The van der Waals surface area contributed by atoms with E-state index in [1.54, 1.807) is 11.3 Å². The fourth-order valence-electron chi connectivity index (χ4n) is 3.29. The minimum Gasteiger partial charge on any atom is -0.393 e. The number of aliphatic hydroxyl groups is 1. The molecule has 1 aromatic heterocycles. The van der Waals surface area contributed by atoms with Crippen LogP contribution in [0.1, 0.15) is 56.5 Å². The van der Waals surface area contributed by atoms with Crippen molar-refractivity contribution in [3.05, 3.63) is 10.6 Å². The van der Waals surface area contributed by atoms with Gasteiger partial charge in [-0.2, -0.15) is 0 Å². The molecule has 0 aromatic carbocycles. The third-order valence-corrected chi connectivity index (χ3v) is 5.72. The number of nitrogens with one attached hydrogen (secondary N) is 2. The van der Waals surface area contributed by atoms with Crippen molar-refractivity contribution in [1.29, 1.82) is 0 Å². The quantitative estimate of drug-likeness (QED) is 0.783. The van der Waals surface area contributed by atoms with Crippen LogP contribution >= 0.6 is 11.3 Å². The van der Waals surface area contributed by atoms with Gasteiger partial charge in [0, 0.05) is 10.9 Å². The second-order valence-electron chi connectivity index (χ2n) is 7.33. The first kappa shape index (κ1) is 15.7. The number of urea groups is 1. The highest BCUT2D eigenvalue weighted by atomic mass is 32.1. The summed E-state index contributed by atoms with van der Waals surface area (Å²) < 4.78 is 0. The minimum absolute atomic E-state index is 0.164. The maximum Gasteiger partial charge on any atom is 0.321 e. The smallest absolute Gasteiger partial charge is 0.321 e. The van der Waals surface area contributed by atoms with Gasteiger partial charge in [0.2, 0.25) is 0 Å². The van der Waals surface area contributed by atoms with Crippen LogP contribution in [0.5, 0.6) is 0 Å². The summed E-state index contributed by atoms with van der Waals surface area (Å²) in [6, 6.07) is -0.0105. The molecular weight excluding hydrogens is 298 g/mol. The highest BCUT2D eigenvalue weighted by Crippen LogP contribution is 2.38. The number of anilines is 1. The Kier molecular flexibility index (Phi) is 4.41. The lowest BCUT2D eigenvalue weighted by Crippen LogP contribution is -2.40. The topological polar surface area (TPSA) is 74.2 Å². The molecule has 0 atom stereocenters. The van der Waals surface area contributed by atoms with Crippen LogP contribution in [0, 0.1) is 5.41 Å². The molecule has 3 N–H and O–H groups in total. The summed E-state index contributed by atoms with van der Waals surface area (Å²) in [7, 11) is 0. The molecule has 0 spiro atoms. The second-order valence-corrected chi connectivity index (χ2v) is 8.42. The summed E-state index contributed by atoms with van der Waals surface area (Å²) >= 11 is 1.61. The predicted octanol–water partition coefficient (Wildman–Crippen LogP) is 3.08. The van der Waals surface area contributed by atoms with E-state index in [9.17, 15) is 9.90 Å². The van der Waals surface area contributed by atoms with Crippen LogP contribution in [-0.2, 0) is 12.8 Å². The lowest BCUT2D eigenvalue weighted by molar-refractivity contribution is 0.118. The van der Waals surface area contributed by atoms with Gasteiger partial charge in [-0.25, -0.2) is 9.78 Å². The number of carbonyl (C=O) groups excluding carboxylic acids is 1. The number of rotatable bonds is 2. The first-order chi connectivity index (χ1) is 10.4. The maximum absolute atomic E-state index is 12.1. The van der Waals surface area contributed by atoms with Crippen molar-refractivity contribution < 1.29 is 9.90 Å². The standard InChI is InChI=1S/C16H25N3O2S/c1-16(2)8-7-12-13(9-16)22-15(18-12)19-14(21)17-10-3-5-11(20)6-4-10/h10-11,20H,3-9H2,1-2H3,(H2,17,18,19,21). The van der Waals surface area contributed by atoms with Crippen LogP contribution in [0.25, 0.3) is 0 Å². The molecule has 1 aromatic rings. The summed E-state index contributed by atoms with van der Waals surface area (Å²) in [6.07, 6.45) is 6.23. The molecule has 122 valence electrons. The number of fused-ring (bicyclic) bond motifs is 1. The van der Waals surface area contributed by atoms with Crippen molar-refractivity contribution in [1.82, 2.24) is 10.3 Å². The van der Waals surface area contributed by atoms with Crippen molar-refractivity contribution in [2.24, 2.45) is 5.41 Å². The van der Waals surface area contributed by atoms with Crippen molar-refractivity contribution in [3.63, 3.8) is 0 Å². The van der Waals surface area contributed by atoms with Crippen molar-refractivity contribution >= 4 is 22.5 Å². The van der Waals surface area contributed by atoms with E-state index in [0.717, 1.165) is 50.6 Å². The molecule has 1 saturated carbocycles. The summed E-state index contributed by atoms with van der Waals surface area (Å²) in [5.41, 5.74) is 1.49. The zero-order chi connectivity index (χ0) is 15.7. The molecular formula is C16H25N3O2S. The van der Waals surface area contributed by atoms with Gasteiger partial charge in [0.25, 0.3) is 0 Å². The van der Waals surface area contributed by atoms with Crippen molar-refractivity contribution in [2.45, 2.75) is 70.9 Å². The number of aryl methyl sites for hydroxylation is 1. The van der Waals surface area contributed by atoms with Gasteiger partial charge in [0.15, 0.2) is 5.13 Å². The average molecular weight is 323 g/mol. The molecule has 0 unspecified atom stereocenters. The molecule has 5 nitrogen and oxygen atoms in total. The predicted molar refractivity (Wildman–Crippen MR) is 88.3 cm³/mol. The highest BCUT2D eigenvalue weighted by molar-refractivity contribution is 7.15. The average Bonchev–Trinajstić information content (AvgIpc) is 2.81. The van der Waals surface area contributed by atoms with Gasteiger partial charge < -0.3 is 10.4 Å². The summed E-state index contributed by atoms with van der Waals surface area (Å²) in [6.45, 7) is 4.57. The fraction of sp³-hybridized carbons (Fsp3) is 0.750. The van der Waals surface area contributed by atoms with Gasteiger partial charge in [-0.05, 0) is 50.4 Å². The van der Waals surface area contributed by atoms with Crippen molar-refractivity contribution in [2.75, 3.05) is 5.32 Å². The van der Waals surface area contributed by atoms with E-state index in [-0.39, 0.29) is 18.2 Å². The van der Waals surface area contributed by atoms with Gasteiger partial charge in [-0.3, -0.25) is 5.32 Å². The number of hydrogen-bond donors (Lipinski definition) is 3. The van der Waals surface area contributed by atoms with Crippen LogP contribution in [0.15, 0.2) is 0 Å². The van der Waals surface area contributed by atoms with Crippen LogP contribution in [0.2, 0.25) is 0 Å². The summed E-state index contributed by atoms with van der Waals surface area (Å²) in [5.74, 6) is 0. The Morgan fingerprint density at radius 2 is 2.05 bits per heavy atom. The van der Waals surface area contributed by atoms with E-state index >= 15 is 0 Å². The van der Waals surface area contributed by atoms with E-state index in [0.29, 0.717) is 10.5 Å². The Morgan fingerprint density at radius 1 is 1.32 bits per heavy atom. The zero-order valence-electron chi connectivity index (χ0n) is 13.3. The molecule has 6 heteroatoms. The molecule has 2 aliphatic rings. The maximum atomic E-state index is 12.1. The Labute approximate surface area is 135 Å². The Balaban J connectivity index is 1.55. The SMILES string of the molecule is CC1(C)CCc2nc(NC(=O)NC3CCC(O)CC3)sc2C1. The van der Waals surface area contributed by atoms with E-state index in [4.69, 9.17) is 0 Å². The molecule has 3 rings (SSSR count). The minimum atomic E-state index is -0.199. The Hall–Kier alpha value is -1.14. The normalized spacial score (nSPS) is 27.0. The number of carbonyl (C=O) groups is 1. The van der Waals surface area contributed by atoms with Crippen LogP contribution in [0.4, 0.5) is 9.93 Å². The fourth-order valence-corrected chi connectivity index (χ4v) is 4.55. The van der Waals surface area contributed by atoms with Crippen LogP contribution in [-0.4, -0.2) is 28.3 Å². The molecule has 22 heavy (non-hydrogen) atoms. The molecule has 1 fully saturated rings. The third-order valence-electron chi connectivity index (χ3n) is 4.71. The molecule has 2 amide bonds. The van der Waals surface area contributed by atoms with Crippen molar-refractivity contribution in [3.8, 4) is 0 Å². The molecule has 0 bridgehead atoms. The molecule has 1 heterocycles. The largest absolute Gasteiger partial charge is 0.393 e. The van der Waals surface area contributed by atoms with Gasteiger partial charge in [0.1, 0.15) is 0 Å². The van der Waals surface area contributed by atoms with E-state index in [1.807, 2.05) is 0 Å². The first-order valence-electron chi connectivity index (χ1n) is 8.15. The third kappa shape index (κ3) is 3.79. The van der Waals surface area contributed by atoms with Gasteiger partial charge in [-0.15, -0.1) is 11.3 Å². The van der Waals surface area contributed by atoms with Crippen LogP contribution in [0.3, 0.4) is 0 Å². The van der Waals surface area contributed by atoms with Gasteiger partial charge >= 0.3 is 6.03 Å². The lowest BCUT2D eigenvalue weighted by Gasteiger charge is -2.28. The number of aromatic nitrogens is 1. The molecule has 0 aliphatic heterocycles. The monoisotopic (exact) mass is 323 g/mol. The highest BCUT2D eigenvalue weighted by Gasteiger charge is 2.28.